The molecule has 1 heterocycles. The van der Waals surface area contributed by atoms with Crippen molar-refractivity contribution in [2.24, 2.45) is 5.14 Å². The molecule has 0 bridgehead atoms. The summed E-state index contributed by atoms with van der Waals surface area (Å²) in [6.45, 7) is 1.26. The fraction of sp³-hybridized carbons (Fsp3) is 0.375. The fourth-order valence-electron chi connectivity index (χ4n) is 1.21. The quantitative estimate of drug-likeness (QED) is 0.869. The van der Waals surface area contributed by atoms with Gasteiger partial charge in [0, 0.05) is 6.07 Å². The van der Waals surface area contributed by atoms with Crippen LogP contribution in [0.4, 0.5) is 8.78 Å². The van der Waals surface area contributed by atoms with Crippen LogP contribution in [0.25, 0.3) is 0 Å². The maximum atomic E-state index is 12.6. The van der Waals surface area contributed by atoms with E-state index in [9.17, 15) is 17.2 Å². The molecular weight excluding hydrogens is 242 g/mol. The van der Waals surface area contributed by atoms with Gasteiger partial charge in [-0.15, -0.1) is 0 Å². The van der Waals surface area contributed by atoms with Crippen molar-refractivity contribution in [2.75, 3.05) is 7.11 Å². The van der Waals surface area contributed by atoms with Crippen molar-refractivity contribution in [3.05, 3.63) is 17.3 Å². The van der Waals surface area contributed by atoms with Gasteiger partial charge in [-0.05, 0) is 6.92 Å². The number of nitrogens with two attached hydrogens (primary N) is 1. The Labute approximate surface area is 91.3 Å². The molecule has 2 N–H and O–H groups in total. The predicted octanol–water partition coefficient (Wildman–Crippen LogP) is 0.984. The monoisotopic (exact) mass is 252 g/mol. The van der Waals surface area contributed by atoms with Gasteiger partial charge in [0.2, 0.25) is 0 Å². The first-order valence-electron chi connectivity index (χ1n) is 4.14. The summed E-state index contributed by atoms with van der Waals surface area (Å²) in [5.74, 6) is -0.244. The molecule has 1 aromatic heterocycles. The third kappa shape index (κ3) is 2.45. The molecule has 0 saturated carbocycles. The van der Waals surface area contributed by atoms with E-state index in [0.29, 0.717) is 0 Å². The molecule has 0 aliphatic heterocycles. The Kier molecular flexibility index (Phi) is 3.44. The lowest BCUT2D eigenvalue weighted by molar-refractivity contribution is 0.145. The van der Waals surface area contributed by atoms with E-state index in [-0.39, 0.29) is 11.4 Å². The number of hydrogen-bond acceptors (Lipinski definition) is 4. The van der Waals surface area contributed by atoms with Gasteiger partial charge in [-0.2, -0.15) is 0 Å². The lowest BCUT2D eigenvalue weighted by Crippen LogP contribution is -2.15. The number of halogens is 2. The SMILES string of the molecule is COc1cc(S(N)(=O)=O)nc(C)c1C(F)F. The van der Waals surface area contributed by atoms with Crippen LogP contribution in [0.3, 0.4) is 0 Å². The van der Waals surface area contributed by atoms with Crippen LogP contribution in [0.1, 0.15) is 17.7 Å². The van der Waals surface area contributed by atoms with Gasteiger partial charge in [0.25, 0.3) is 16.4 Å². The summed E-state index contributed by atoms with van der Waals surface area (Å²) in [4.78, 5) is 3.50. The Hall–Kier alpha value is -1.28. The number of aryl methyl sites for hydroxylation is 1. The molecule has 16 heavy (non-hydrogen) atoms. The molecule has 0 saturated heterocycles. The molecule has 0 radical (unpaired) electrons. The van der Waals surface area contributed by atoms with E-state index in [0.717, 1.165) is 13.2 Å². The Balaban J connectivity index is 3.50. The van der Waals surface area contributed by atoms with Crippen molar-refractivity contribution in [1.82, 2.24) is 4.98 Å². The highest BCUT2D eigenvalue weighted by Crippen LogP contribution is 2.32. The largest absolute Gasteiger partial charge is 0.496 e. The number of nitrogens with zero attached hydrogens (tertiary/aromatic N) is 1. The van der Waals surface area contributed by atoms with Gasteiger partial charge in [0.1, 0.15) is 5.75 Å². The lowest BCUT2D eigenvalue weighted by Gasteiger charge is -2.11. The van der Waals surface area contributed by atoms with E-state index < -0.39 is 27.0 Å². The first-order valence-corrected chi connectivity index (χ1v) is 5.68. The summed E-state index contributed by atoms with van der Waals surface area (Å²) >= 11 is 0. The molecule has 90 valence electrons. The number of pyridine rings is 1. The lowest BCUT2D eigenvalue weighted by atomic mass is 10.2. The zero-order valence-electron chi connectivity index (χ0n) is 8.57. The maximum absolute atomic E-state index is 12.6. The summed E-state index contributed by atoms with van der Waals surface area (Å²) < 4.78 is 51.9. The number of alkyl halides is 2. The Morgan fingerprint density at radius 1 is 1.50 bits per heavy atom. The number of hydrogen-bond donors (Lipinski definition) is 1. The number of rotatable bonds is 3. The molecular formula is C8H10F2N2O3S. The van der Waals surface area contributed by atoms with Crippen LogP contribution in [0.5, 0.6) is 5.75 Å². The van der Waals surface area contributed by atoms with Crippen LogP contribution in [0, 0.1) is 6.92 Å². The van der Waals surface area contributed by atoms with Crippen molar-refractivity contribution < 1.29 is 21.9 Å². The van der Waals surface area contributed by atoms with E-state index in [1.165, 1.54) is 6.92 Å². The Bertz CT molecular complexity index is 502. The van der Waals surface area contributed by atoms with Gasteiger partial charge in [-0.1, -0.05) is 0 Å². The average Bonchev–Trinajstić information content (AvgIpc) is 2.14. The van der Waals surface area contributed by atoms with Crippen molar-refractivity contribution in [3.8, 4) is 5.75 Å². The maximum Gasteiger partial charge on any atom is 0.269 e. The highest BCUT2D eigenvalue weighted by Gasteiger charge is 2.22. The minimum atomic E-state index is -4.04. The van der Waals surface area contributed by atoms with Crippen molar-refractivity contribution in [3.63, 3.8) is 0 Å². The van der Waals surface area contributed by atoms with E-state index in [1.54, 1.807) is 0 Å². The highest BCUT2D eigenvalue weighted by atomic mass is 32.2. The van der Waals surface area contributed by atoms with Crippen LogP contribution in [0.2, 0.25) is 0 Å². The molecule has 0 atom stereocenters. The normalized spacial score (nSPS) is 11.9. The zero-order chi connectivity index (χ0) is 12.5. The number of methoxy groups -OCH3 is 1. The summed E-state index contributed by atoms with van der Waals surface area (Å²) in [5.41, 5.74) is -0.562. The van der Waals surface area contributed by atoms with Crippen LogP contribution >= 0.6 is 0 Å². The molecule has 0 fully saturated rings. The third-order valence-corrected chi connectivity index (χ3v) is 2.71. The average molecular weight is 252 g/mol. The minimum absolute atomic E-state index is 0.127. The van der Waals surface area contributed by atoms with Gasteiger partial charge in [0.15, 0.2) is 5.03 Å². The molecule has 1 rings (SSSR count). The zero-order valence-corrected chi connectivity index (χ0v) is 9.38. The molecule has 0 aliphatic carbocycles. The number of sulfonamides is 1. The fourth-order valence-corrected chi connectivity index (χ4v) is 1.74. The second-order valence-corrected chi connectivity index (χ2v) is 4.52. The highest BCUT2D eigenvalue weighted by molar-refractivity contribution is 7.89. The van der Waals surface area contributed by atoms with Gasteiger partial charge in [-0.3, -0.25) is 0 Å². The Morgan fingerprint density at radius 3 is 2.44 bits per heavy atom. The first-order chi connectivity index (χ1) is 7.27. The number of primary sulfonamides is 1. The molecule has 8 heteroatoms. The summed E-state index contributed by atoms with van der Waals surface area (Å²) in [6, 6.07) is 0.879. The van der Waals surface area contributed by atoms with E-state index >= 15 is 0 Å². The second-order valence-electron chi connectivity index (χ2n) is 3.01. The molecule has 0 unspecified atom stereocenters. The second kappa shape index (κ2) is 4.30. The van der Waals surface area contributed by atoms with Crippen LogP contribution < -0.4 is 9.88 Å². The molecule has 0 amide bonds. The van der Waals surface area contributed by atoms with Crippen LogP contribution in [0.15, 0.2) is 11.1 Å². The first kappa shape index (κ1) is 12.8. The molecule has 0 spiro atoms. The topological polar surface area (TPSA) is 82.3 Å². The van der Waals surface area contributed by atoms with Crippen molar-refractivity contribution >= 4 is 10.0 Å². The van der Waals surface area contributed by atoms with Crippen molar-refractivity contribution in [2.45, 2.75) is 18.4 Å². The Morgan fingerprint density at radius 2 is 2.06 bits per heavy atom. The van der Waals surface area contributed by atoms with E-state index in [1.807, 2.05) is 0 Å². The summed E-state index contributed by atoms with van der Waals surface area (Å²) in [5, 5.41) is 4.35. The summed E-state index contributed by atoms with van der Waals surface area (Å²) in [6.07, 6.45) is -2.79. The smallest absolute Gasteiger partial charge is 0.269 e. The van der Waals surface area contributed by atoms with Gasteiger partial charge >= 0.3 is 0 Å². The molecule has 5 nitrogen and oxygen atoms in total. The van der Waals surface area contributed by atoms with Crippen LogP contribution in [-0.2, 0) is 10.0 Å². The number of aromatic nitrogens is 1. The summed E-state index contributed by atoms with van der Waals surface area (Å²) in [7, 11) is -2.88. The molecule has 1 aromatic rings. The third-order valence-electron chi connectivity index (χ3n) is 1.92. The van der Waals surface area contributed by atoms with Gasteiger partial charge < -0.3 is 4.74 Å². The van der Waals surface area contributed by atoms with E-state index in [2.05, 4.69) is 9.72 Å². The predicted molar refractivity (Wildman–Crippen MR) is 51.9 cm³/mol. The molecule has 0 aliphatic rings. The number of ether oxygens (including phenoxy) is 1. The van der Waals surface area contributed by atoms with E-state index in [4.69, 9.17) is 5.14 Å². The van der Waals surface area contributed by atoms with Gasteiger partial charge in [0.05, 0.1) is 18.4 Å². The van der Waals surface area contributed by atoms with Gasteiger partial charge in [-0.25, -0.2) is 27.3 Å². The molecule has 0 aromatic carbocycles. The standard InChI is InChI=1S/C8H10F2N2O3S/c1-4-7(8(9)10)5(15-2)3-6(12-4)16(11,13)14/h3,8H,1-2H3,(H2,11,13,14). The minimum Gasteiger partial charge on any atom is -0.496 e. The van der Waals surface area contributed by atoms with Crippen LogP contribution in [-0.4, -0.2) is 20.5 Å². The van der Waals surface area contributed by atoms with Crippen molar-refractivity contribution in [1.29, 1.82) is 0 Å².